The molecule has 4 rings (SSSR count). The highest BCUT2D eigenvalue weighted by molar-refractivity contribution is 5.22. The Bertz CT molecular complexity index is 452. The summed E-state index contributed by atoms with van der Waals surface area (Å²) >= 11 is 0. The Hall–Kier alpha value is -0.600. The van der Waals surface area contributed by atoms with Crippen molar-refractivity contribution in [2.75, 3.05) is 6.61 Å². The lowest BCUT2D eigenvalue weighted by Gasteiger charge is -2.33. The van der Waals surface area contributed by atoms with E-state index in [1.807, 2.05) is 0 Å². The summed E-state index contributed by atoms with van der Waals surface area (Å²) in [5.41, 5.74) is 3.23. The van der Waals surface area contributed by atoms with Crippen molar-refractivity contribution >= 4 is 0 Å². The first-order chi connectivity index (χ1) is 9.62. The van der Waals surface area contributed by atoms with E-state index in [0.29, 0.717) is 12.0 Å². The molecule has 0 radical (unpaired) electrons. The second-order valence-electron chi connectivity index (χ2n) is 7.46. The third-order valence-corrected chi connectivity index (χ3v) is 6.08. The molecule has 0 aromatic rings. The van der Waals surface area contributed by atoms with Gasteiger partial charge in [0.05, 0.1) is 23.9 Å². The largest absolute Gasteiger partial charge is 0.369 e. The Labute approximate surface area is 122 Å². The highest BCUT2D eigenvalue weighted by Crippen LogP contribution is 2.59. The molecular weight excluding hydrogens is 248 g/mol. The van der Waals surface area contributed by atoms with Crippen LogP contribution >= 0.6 is 0 Å². The molecule has 2 saturated carbocycles. The van der Waals surface area contributed by atoms with Crippen LogP contribution in [0.3, 0.4) is 0 Å². The van der Waals surface area contributed by atoms with Gasteiger partial charge in [-0.05, 0) is 58.3 Å². The maximum atomic E-state index is 6.16. The first-order valence-corrected chi connectivity index (χ1v) is 8.29. The van der Waals surface area contributed by atoms with Gasteiger partial charge in [-0.25, -0.2) is 0 Å². The van der Waals surface area contributed by atoms with E-state index in [4.69, 9.17) is 9.47 Å². The van der Waals surface area contributed by atoms with Crippen LogP contribution in [0.1, 0.15) is 58.3 Å². The fourth-order valence-electron chi connectivity index (χ4n) is 4.47. The van der Waals surface area contributed by atoms with Crippen molar-refractivity contribution in [1.29, 1.82) is 0 Å². The molecular formula is C18H26O2. The van der Waals surface area contributed by atoms with Crippen molar-refractivity contribution in [1.82, 2.24) is 0 Å². The molecule has 2 aliphatic carbocycles. The van der Waals surface area contributed by atoms with Crippen molar-refractivity contribution in [3.63, 3.8) is 0 Å². The molecule has 1 spiro atoms. The number of epoxide rings is 2. The van der Waals surface area contributed by atoms with E-state index < -0.39 is 0 Å². The molecule has 4 atom stereocenters. The van der Waals surface area contributed by atoms with Crippen LogP contribution in [0.15, 0.2) is 23.8 Å². The van der Waals surface area contributed by atoms with Gasteiger partial charge in [0.1, 0.15) is 0 Å². The molecule has 20 heavy (non-hydrogen) atoms. The standard InChI is InChI=1S/C18H26O2/c1-13-9-10-18(12-19-18)15(11-13)17(2)16(20-17)8-7-14-5-3-4-6-14/h7,15-16H,1,3-6,8-12H2,2H3. The van der Waals surface area contributed by atoms with Crippen molar-refractivity contribution in [3.05, 3.63) is 23.8 Å². The van der Waals surface area contributed by atoms with Crippen LogP contribution in [0.4, 0.5) is 0 Å². The summed E-state index contributed by atoms with van der Waals surface area (Å²) in [5.74, 6) is 0.531. The van der Waals surface area contributed by atoms with E-state index in [1.165, 1.54) is 31.3 Å². The first kappa shape index (κ1) is 13.1. The number of ether oxygens (including phenoxy) is 2. The topological polar surface area (TPSA) is 25.1 Å². The average molecular weight is 274 g/mol. The molecule has 0 N–H and O–H groups in total. The first-order valence-electron chi connectivity index (χ1n) is 8.29. The van der Waals surface area contributed by atoms with Gasteiger partial charge in [-0.3, -0.25) is 0 Å². The van der Waals surface area contributed by atoms with Crippen molar-refractivity contribution in [2.45, 2.75) is 75.6 Å². The monoisotopic (exact) mass is 274 g/mol. The Morgan fingerprint density at radius 3 is 2.75 bits per heavy atom. The van der Waals surface area contributed by atoms with E-state index in [0.717, 1.165) is 32.3 Å². The van der Waals surface area contributed by atoms with Gasteiger partial charge in [-0.2, -0.15) is 0 Å². The molecule has 4 unspecified atom stereocenters. The Kier molecular flexibility index (Phi) is 2.91. The molecule has 2 aliphatic heterocycles. The fourth-order valence-corrected chi connectivity index (χ4v) is 4.47. The Balaban J connectivity index is 1.43. The van der Waals surface area contributed by atoms with Gasteiger partial charge in [0.15, 0.2) is 0 Å². The third kappa shape index (κ3) is 2.08. The van der Waals surface area contributed by atoms with Crippen LogP contribution in [0.2, 0.25) is 0 Å². The van der Waals surface area contributed by atoms with E-state index >= 15 is 0 Å². The van der Waals surface area contributed by atoms with Gasteiger partial charge in [0.25, 0.3) is 0 Å². The zero-order chi connectivity index (χ0) is 13.8. The van der Waals surface area contributed by atoms with E-state index in [-0.39, 0.29) is 11.2 Å². The van der Waals surface area contributed by atoms with Crippen LogP contribution in [-0.4, -0.2) is 23.9 Å². The molecule has 2 saturated heterocycles. The van der Waals surface area contributed by atoms with E-state index in [1.54, 1.807) is 5.57 Å². The second kappa shape index (κ2) is 4.45. The average Bonchev–Trinajstić information content (AvgIpc) is 3.28. The summed E-state index contributed by atoms with van der Waals surface area (Å²) in [6, 6.07) is 0. The number of hydrogen-bond acceptors (Lipinski definition) is 2. The maximum Gasteiger partial charge on any atom is 0.0983 e. The van der Waals surface area contributed by atoms with Crippen LogP contribution in [0, 0.1) is 5.92 Å². The van der Waals surface area contributed by atoms with Crippen molar-refractivity contribution in [3.8, 4) is 0 Å². The van der Waals surface area contributed by atoms with E-state index in [9.17, 15) is 0 Å². The predicted octanol–water partition coefficient (Wildman–Crippen LogP) is 4.16. The molecule has 4 aliphatic rings. The normalized spacial score (nSPS) is 46.9. The smallest absolute Gasteiger partial charge is 0.0983 e. The zero-order valence-electron chi connectivity index (χ0n) is 12.6. The lowest BCUT2D eigenvalue weighted by atomic mass is 9.70. The molecule has 0 aromatic heterocycles. The van der Waals surface area contributed by atoms with Crippen LogP contribution in [0.25, 0.3) is 0 Å². The lowest BCUT2D eigenvalue weighted by molar-refractivity contribution is 0.106. The summed E-state index contributed by atoms with van der Waals surface area (Å²) in [7, 11) is 0. The molecule has 0 aromatic carbocycles. The molecule has 2 heteroatoms. The molecule has 2 nitrogen and oxygen atoms in total. The second-order valence-corrected chi connectivity index (χ2v) is 7.46. The minimum atomic E-state index is 0.0372. The maximum absolute atomic E-state index is 6.16. The Morgan fingerprint density at radius 2 is 2.05 bits per heavy atom. The molecule has 0 bridgehead atoms. The third-order valence-electron chi connectivity index (χ3n) is 6.08. The summed E-state index contributed by atoms with van der Waals surface area (Å²) in [6.45, 7) is 7.46. The van der Waals surface area contributed by atoms with Crippen molar-refractivity contribution in [2.24, 2.45) is 5.92 Å². The summed E-state index contributed by atoms with van der Waals surface area (Å²) in [6.07, 6.45) is 12.8. The van der Waals surface area contributed by atoms with Gasteiger partial charge < -0.3 is 9.47 Å². The van der Waals surface area contributed by atoms with Gasteiger partial charge in [0, 0.05) is 5.92 Å². The number of hydrogen-bond donors (Lipinski definition) is 0. The number of rotatable bonds is 3. The van der Waals surface area contributed by atoms with Crippen LogP contribution in [0.5, 0.6) is 0 Å². The molecule has 4 fully saturated rings. The minimum Gasteiger partial charge on any atom is -0.369 e. The van der Waals surface area contributed by atoms with Gasteiger partial charge in [-0.1, -0.05) is 23.8 Å². The highest BCUT2D eigenvalue weighted by atomic mass is 16.6. The number of allylic oxidation sites excluding steroid dienone is 2. The summed E-state index contributed by atoms with van der Waals surface area (Å²) in [5, 5.41) is 0. The van der Waals surface area contributed by atoms with E-state index in [2.05, 4.69) is 19.6 Å². The molecule has 110 valence electrons. The van der Waals surface area contributed by atoms with Crippen molar-refractivity contribution < 1.29 is 9.47 Å². The van der Waals surface area contributed by atoms with Gasteiger partial charge >= 0.3 is 0 Å². The molecule has 2 heterocycles. The SMILES string of the molecule is C=C1CCC2(CO2)C(C2(C)OC2CC=C2CCCC2)C1. The summed E-state index contributed by atoms with van der Waals surface area (Å²) < 4.78 is 12.0. The van der Waals surface area contributed by atoms with Gasteiger partial charge in [-0.15, -0.1) is 0 Å². The predicted molar refractivity (Wildman–Crippen MR) is 79.6 cm³/mol. The zero-order valence-corrected chi connectivity index (χ0v) is 12.6. The lowest BCUT2D eigenvalue weighted by Crippen LogP contribution is -2.40. The Morgan fingerprint density at radius 1 is 1.30 bits per heavy atom. The summed E-state index contributed by atoms with van der Waals surface area (Å²) in [4.78, 5) is 0. The highest BCUT2D eigenvalue weighted by Gasteiger charge is 2.67. The van der Waals surface area contributed by atoms with Gasteiger partial charge in [0.2, 0.25) is 0 Å². The quantitative estimate of drug-likeness (QED) is 0.570. The minimum absolute atomic E-state index is 0.0372. The van der Waals surface area contributed by atoms with Crippen LogP contribution < -0.4 is 0 Å². The fraction of sp³-hybridized carbons (Fsp3) is 0.778. The molecule has 0 amide bonds. The van der Waals surface area contributed by atoms with Crippen LogP contribution in [-0.2, 0) is 9.47 Å².